The fourth-order valence-electron chi connectivity index (χ4n) is 1.21. The van der Waals surface area contributed by atoms with Gasteiger partial charge in [-0.15, -0.1) is 0 Å². The Bertz CT molecular complexity index is 515. The van der Waals surface area contributed by atoms with Crippen LogP contribution in [-0.4, -0.2) is 25.2 Å². The van der Waals surface area contributed by atoms with Crippen LogP contribution in [0, 0.1) is 0 Å². The molecule has 0 aromatic heterocycles. The minimum absolute atomic E-state index is 0.0945. The Kier molecular flexibility index (Phi) is 3.99. The number of carbonyl (C=O) groups is 1. The van der Waals surface area contributed by atoms with Crippen molar-refractivity contribution in [2.45, 2.75) is 25.0 Å². The summed E-state index contributed by atoms with van der Waals surface area (Å²) in [6.07, 6.45) is 1.17. The standard InChI is InChI=1S/C12H15ClO3S/c1-12(2,17(3,15)16)11(14)8-9-4-6-10(13)7-5-9/h4-7H,8H2,1-3H3. The summed E-state index contributed by atoms with van der Waals surface area (Å²) in [5.74, 6) is -0.317. The first-order valence-electron chi connectivity index (χ1n) is 5.12. The van der Waals surface area contributed by atoms with Gasteiger partial charge in [0.25, 0.3) is 0 Å². The molecule has 0 atom stereocenters. The number of halogens is 1. The van der Waals surface area contributed by atoms with Crippen LogP contribution in [0.3, 0.4) is 0 Å². The van der Waals surface area contributed by atoms with Crippen molar-refractivity contribution in [3.05, 3.63) is 34.9 Å². The monoisotopic (exact) mass is 274 g/mol. The molecule has 0 fully saturated rings. The molecule has 1 aromatic carbocycles. The predicted octanol–water partition coefficient (Wildman–Crippen LogP) is 2.27. The van der Waals surface area contributed by atoms with E-state index >= 15 is 0 Å². The van der Waals surface area contributed by atoms with Gasteiger partial charge < -0.3 is 0 Å². The zero-order valence-corrected chi connectivity index (χ0v) is 11.6. The number of Topliss-reactive ketones (excluding diaryl/α,β-unsaturated/α-hetero) is 1. The summed E-state index contributed by atoms with van der Waals surface area (Å²) >= 11 is 5.73. The number of hydrogen-bond acceptors (Lipinski definition) is 3. The highest BCUT2D eigenvalue weighted by Crippen LogP contribution is 2.19. The van der Waals surface area contributed by atoms with Gasteiger partial charge in [0.2, 0.25) is 0 Å². The average molecular weight is 275 g/mol. The smallest absolute Gasteiger partial charge is 0.159 e. The van der Waals surface area contributed by atoms with Crippen molar-refractivity contribution in [3.8, 4) is 0 Å². The van der Waals surface area contributed by atoms with Crippen LogP contribution in [0.2, 0.25) is 5.02 Å². The lowest BCUT2D eigenvalue weighted by Gasteiger charge is -2.20. The SMILES string of the molecule is CC(C)(C(=O)Cc1ccc(Cl)cc1)S(C)(=O)=O. The van der Waals surface area contributed by atoms with Crippen LogP contribution in [0.5, 0.6) is 0 Å². The largest absolute Gasteiger partial charge is 0.298 e. The van der Waals surface area contributed by atoms with Crippen LogP contribution in [0.15, 0.2) is 24.3 Å². The molecule has 0 bridgehead atoms. The molecule has 0 aliphatic rings. The van der Waals surface area contributed by atoms with E-state index in [9.17, 15) is 13.2 Å². The van der Waals surface area contributed by atoms with E-state index in [1.54, 1.807) is 24.3 Å². The molecule has 0 spiro atoms. The van der Waals surface area contributed by atoms with Crippen LogP contribution in [-0.2, 0) is 21.1 Å². The first-order chi connectivity index (χ1) is 7.64. The maximum Gasteiger partial charge on any atom is 0.159 e. The van der Waals surface area contributed by atoms with Crippen LogP contribution in [0.25, 0.3) is 0 Å². The van der Waals surface area contributed by atoms with Gasteiger partial charge in [0.1, 0.15) is 4.75 Å². The van der Waals surface area contributed by atoms with Crippen LogP contribution in [0.1, 0.15) is 19.4 Å². The Balaban J connectivity index is 2.90. The minimum Gasteiger partial charge on any atom is -0.298 e. The van der Waals surface area contributed by atoms with E-state index in [0.717, 1.165) is 11.8 Å². The van der Waals surface area contributed by atoms with Gasteiger partial charge >= 0.3 is 0 Å². The van der Waals surface area contributed by atoms with Gasteiger partial charge in [0.15, 0.2) is 15.6 Å². The van der Waals surface area contributed by atoms with Crippen LogP contribution < -0.4 is 0 Å². The van der Waals surface area contributed by atoms with Crippen LogP contribution >= 0.6 is 11.6 Å². The summed E-state index contributed by atoms with van der Waals surface area (Å²) in [7, 11) is -3.41. The number of rotatable bonds is 4. The second kappa shape index (κ2) is 4.78. The quantitative estimate of drug-likeness (QED) is 0.846. The highest BCUT2D eigenvalue weighted by atomic mass is 35.5. The van der Waals surface area contributed by atoms with E-state index in [-0.39, 0.29) is 12.2 Å². The Labute approximate surface area is 107 Å². The first-order valence-corrected chi connectivity index (χ1v) is 7.39. The summed E-state index contributed by atoms with van der Waals surface area (Å²) in [5.41, 5.74) is 0.760. The molecule has 94 valence electrons. The molecule has 1 rings (SSSR count). The number of ketones is 1. The molecule has 0 unspecified atom stereocenters. The summed E-state index contributed by atoms with van der Waals surface area (Å²) < 4.78 is 21.6. The molecule has 0 aliphatic carbocycles. The molecule has 0 saturated heterocycles. The van der Waals surface area contributed by atoms with E-state index in [0.29, 0.717) is 5.02 Å². The lowest BCUT2D eigenvalue weighted by molar-refractivity contribution is -0.120. The number of hydrogen-bond donors (Lipinski definition) is 0. The molecule has 0 N–H and O–H groups in total. The number of sulfone groups is 1. The van der Waals surface area contributed by atoms with Crippen LogP contribution in [0.4, 0.5) is 0 Å². The average Bonchev–Trinajstić information content (AvgIpc) is 2.19. The highest BCUT2D eigenvalue weighted by molar-refractivity contribution is 7.92. The summed E-state index contributed by atoms with van der Waals surface area (Å²) in [6.45, 7) is 2.86. The second-order valence-electron chi connectivity index (χ2n) is 4.51. The topological polar surface area (TPSA) is 51.2 Å². The molecule has 17 heavy (non-hydrogen) atoms. The fourth-order valence-corrected chi connectivity index (χ4v) is 1.82. The van der Waals surface area contributed by atoms with Gasteiger partial charge in [-0.3, -0.25) is 4.79 Å². The Morgan fingerprint density at radius 2 is 1.71 bits per heavy atom. The molecule has 0 radical (unpaired) electrons. The van der Waals surface area contributed by atoms with Crippen molar-refractivity contribution in [1.82, 2.24) is 0 Å². The van der Waals surface area contributed by atoms with Crippen molar-refractivity contribution in [3.63, 3.8) is 0 Å². The Hall–Kier alpha value is -0.870. The molecular weight excluding hydrogens is 260 g/mol. The fraction of sp³-hybridized carbons (Fsp3) is 0.417. The minimum atomic E-state index is -3.41. The van der Waals surface area contributed by atoms with E-state index in [2.05, 4.69) is 0 Å². The lowest BCUT2D eigenvalue weighted by Crippen LogP contribution is -2.40. The van der Waals surface area contributed by atoms with Gasteiger partial charge in [0.05, 0.1) is 0 Å². The van der Waals surface area contributed by atoms with Gasteiger partial charge in [0, 0.05) is 17.7 Å². The first kappa shape index (κ1) is 14.2. The molecule has 3 nitrogen and oxygen atoms in total. The van der Waals surface area contributed by atoms with E-state index in [1.165, 1.54) is 13.8 Å². The summed E-state index contributed by atoms with van der Waals surface area (Å²) in [5, 5.41) is 0.587. The molecule has 0 saturated carbocycles. The molecule has 0 aliphatic heterocycles. The Morgan fingerprint density at radius 3 is 2.12 bits per heavy atom. The third kappa shape index (κ3) is 3.30. The van der Waals surface area contributed by atoms with Gasteiger partial charge in [-0.05, 0) is 31.5 Å². The number of carbonyl (C=O) groups excluding carboxylic acids is 1. The van der Waals surface area contributed by atoms with E-state index in [4.69, 9.17) is 11.6 Å². The van der Waals surface area contributed by atoms with E-state index in [1.807, 2.05) is 0 Å². The van der Waals surface area contributed by atoms with Gasteiger partial charge in [-0.2, -0.15) is 0 Å². The maximum atomic E-state index is 12.0. The third-order valence-electron chi connectivity index (χ3n) is 2.88. The molecule has 1 aromatic rings. The lowest BCUT2D eigenvalue weighted by atomic mass is 10.0. The van der Waals surface area contributed by atoms with Gasteiger partial charge in [-0.25, -0.2) is 8.42 Å². The van der Waals surface area contributed by atoms with Crippen molar-refractivity contribution < 1.29 is 13.2 Å². The second-order valence-corrected chi connectivity index (χ2v) is 7.51. The maximum absolute atomic E-state index is 12.0. The summed E-state index contributed by atoms with van der Waals surface area (Å²) in [6, 6.07) is 6.80. The zero-order valence-electron chi connectivity index (χ0n) is 10.0. The number of benzene rings is 1. The van der Waals surface area contributed by atoms with E-state index < -0.39 is 14.6 Å². The summed E-state index contributed by atoms with van der Waals surface area (Å²) in [4.78, 5) is 12.0. The third-order valence-corrected chi connectivity index (χ3v) is 5.21. The van der Waals surface area contributed by atoms with Crippen molar-refractivity contribution in [1.29, 1.82) is 0 Å². The van der Waals surface area contributed by atoms with Crippen molar-refractivity contribution in [2.75, 3.05) is 6.26 Å². The molecule has 5 heteroatoms. The Morgan fingerprint density at radius 1 is 1.24 bits per heavy atom. The predicted molar refractivity (Wildman–Crippen MR) is 69.1 cm³/mol. The van der Waals surface area contributed by atoms with Crippen molar-refractivity contribution >= 4 is 27.2 Å². The molecular formula is C12H15ClO3S. The van der Waals surface area contributed by atoms with Crippen molar-refractivity contribution in [2.24, 2.45) is 0 Å². The highest BCUT2D eigenvalue weighted by Gasteiger charge is 2.37. The van der Waals surface area contributed by atoms with Gasteiger partial charge in [-0.1, -0.05) is 23.7 Å². The molecule has 0 heterocycles. The molecule has 0 amide bonds. The zero-order chi connectivity index (χ0) is 13.3. The normalized spacial score (nSPS) is 12.5.